The summed E-state index contributed by atoms with van der Waals surface area (Å²) in [5, 5.41) is 17.2. The number of methoxy groups -OCH3 is 1. The largest absolute Gasteiger partial charge is 0.508 e. The topological polar surface area (TPSA) is 76.4 Å². The van der Waals surface area contributed by atoms with Crippen molar-refractivity contribution in [3.8, 4) is 22.8 Å². The summed E-state index contributed by atoms with van der Waals surface area (Å²) in [6.07, 6.45) is 1.74. The Morgan fingerprint density at radius 3 is 2.50 bits per heavy atom. The molecular weight excluding hydrogens is 378 g/mol. The summed E-state index contributed by atoms with van der Waals surface area (Å²) in [6.45, 7) is 0.545. The van der Waals surface area contributed by atoms with Crippen molar-refractivity contribution < 1.29 is 14.6 Å². The monoisotopic (exact) mass is 399 g/mol. The average Bonchev–Trinajstić information content (AvgIpc) is 3.18. The molecule has 6 heteroatoms. The Balaban J connectivity index is 1.69. The van der Waals surface area contributed by atoms with E-state index in [4.69, 9.17) is 4.74 Å². The third-order valence-electron chi connectivity index (χ3n) is 4.66. The van der Waals surface area contributed by atoms with Gasteiger partial charge in [-0.2, -0.15) is 5.10 Å². The molecule has 0 spiro atoms. The van der Waals surface area contributed by atoms with Gasteiger partial charge in [0, 0.05) is 23.5 Å². The predicted molar refractivity (Wildman–Crippen MR) is 116 cm³/mol. The quantitative estimate of drug-likeness (QED) is 0.498. The van der Waals surface area contributed by atoms with Gasteiger partial charge in [0.2, 0.25) is 0 Å². The summed E-state index contributed by atoms with van der Waals surface area (Å²) in [6, 6.07) is 23.8. The van der Waals surface area contributed by atoms with E-state index in [0.29, 0.717) is 23.5 Å². The van der Waals surface area contributed by atoms with E-state index in [1.807, 2.05) is 54.6 Å². The Labute approximate surface area is 174 Å². The Morgan fingerprint density at radius 1 is 1.03 bits per heavy atom. The smallest absolute Gasteiger partial charge is 0.259 e. The lowest BCUT2D eigenvalue weighted by atomic mass is 10.1. The molecule has 30 heavy (non-hydrogen) atoms. The first-order chi connectivity index (χ1) is 14.6. The molecule has 6 nitrogen and oxygen atoms in total. The van der Waals surface area contributed by atoms with Crippen LogP contribution in [0.5, 0.6) is 11.5 Å². The maximum Gasteiger partial charge on any atom is 0.259 e. The summed E-state index contributed by atoms with van der Waals surface area (Å²) in [4.78, 5) is 13.0. The van der Waals surface area contributed by atoms with E-state index in [9.17, 15) is 9.90 Å². The van der Waals surface area contributed by atoms with Crippen molar-refractivity contribution >= 4 is 11.6 Å². The first kappa shape index (κ1) is 19.3. The number of ether oxygens (including phenoxy) is 1. The Bertz CT molecular complexity index is 1150. The zero-order valence-electron chi connectivity index (χ0n) is 16.4. The maximum absolute atomic E-state index is 13.0. The van der Waals surface area contributed by atoms with Crippen LogP contribution in [0, 0.1) is 0 Å². The summed E-state index contributed by atoms with van der Waals surface area (Å²) in [5.41, 5.74) is 3.42. The highest BCUT2D eigenvalue weighted by atomic mass is 16.5. The molecule has 4 rings (SSSR count). The molecule has 0 aliphatic carbocycles. The molecule has 0 aliphatic heterocycles. The standard InChI is InChI=1S/C24H21N3O3/c1-30-21-12-10-18(11-13-21)23-22(24(29)25-19-8-5-9-20(28)14-19)16-27(26-23)15-17-6-3-2-4-7-17/h2-14,16,28H,15H2,1H3,(H,25,29). The van der Waals surface area contributed by atoms with Gasteiger partial charge in [-0.3, -0.25) is 9.48 Å². The lowest BCUT2D eigenvalue weighted by molar-refractivity contribution is 0.102. The van der Waals surface area contributed by atoms with Crippen molar-refractivity contribution in [1.82, 2.24) is 9.78 Å². The molecule has 0 radical (unpaired) electrons. The van der Waals surface area contributed by atoms with Gasteiger partial charge in [-0.25, -0.2) is 0 Å². The fourth-order valence-electron chi connectivity index (χ4n) is 3.18. The second kappa shape index (κ2) is 8.53. The minimum absolute atomic E-state index is 0.0861. The van der Waals surface area contributed by atoms with Crippen LogP contribution in [-0.4, -0.2) is 27.9 Å². The number of hydrogen-bond acceptors (Lipinski definition) is 4. The molecule has 1 heterocycles. The van der Waals surface area contributed by atoms with Crippen molar-refractivity contribution in [3.05, 3.63) is 96.2 Å². The van der Waals surface area contributed by atoms with E-state index < -0.39 is 0 Å². The number of amides is 1. The number of carbonyl (C=O) groups excluding carboxylic acids is 1. The molecule has 0 bridgehead atoms. The molecule has 1 amide bonds. The van der Waals surface area contributed by atoms with Gasteiger partial charge in [0.25, 0.3) is 5.91 Å². The molecule has 0 aliphatic rings. The molecule has 0 unspecified atom stereocenters. The lowest BCUT2D eigenvalue weighted by Gasteiger charge is -2.06. The van der Waals surface area contributed by atoms with Crippen molar-refractivity contribution in [3.63, 3.8) is 0 Å². The fourth-order valence-corrected chi connectivity index (χ4v) is 3.18. The lowest BCUT2D eigenvalue weighted by Crippen LogP contribution is -2.12. The molecule has 0 atom stereocenters. The number of nitrogens with one attached hydrogen (secondary N) is 1. The van der Waals surface area contributed by atoms with E-state index in [1.54, 1.807) is 36.2 Å². The van der Waals surface area contributed by atoms with Gasteiger partial charge in [0.15, 0.2) is 0 Å². The molecule has 4 aromatic rings. The third-order valence-corrected chi connectivity index (χ3v) is 4.66. The van der Waals surface area contributed by atoms with Crippen molar-refractivity contribution in [2.24, 2.45) is 0 Å². The molecule has 150 valence electrons. The number of phenols is 1. The highest BCUT2D eigenvalue weighted by molar-refractivity contribution is 6.08. The van der Waals surface area contributed by atoms with Crippen LogP contribution in [0.15, 0.2) is 85.1 Å². The Hall–Kier alpha value is -4.06. The van der Waals surface area contributed by atoms with Gasteiger partial charge in [-0.15, -0.1) is 0 Å². The van der Waals surface area contributed by atoms with Crippen molar-refractivity contribution in [1.29, 1.82) is 0 Å². The van der Waals surface area contributed by atoms with Gasteiger partial charge in [-0.1, -0.05) is 36.4 Å². The molecule has 0 fully saturated rings. The zero-order chi connectivity index (χ0) is 20.9. The Kier molecular flexibility index (Phi) is 5.48. The summed E-state index contributed by atoms with van der Waals surface area (Å²) in [7, 11) is 1.61. The minimum atomic E-state index is -0.300. The van der Waals surface area contributed by atoms with E-state index >= 15 is 0 Å². The van der Waals surface area contributed by atoms with Gasteiger partial charge >= 0.3 is 0 Å². The van der Waals surface area contributed by atoms with Gasteiger partial charge < -0.3 is 15.2 Å². The van der Waals surface area contributed by atoms with E-state index in [-0.39, 0.29) is 11.7 Å². The predicted octanol–water partition coefficient (Wildman–Crippen LogP) is 4.56. The summed E-state index contributed by atoms with van der Waals surface area (Å²) in [5.74, 6) is 0.516. The number of benzene rings is 3. The number of nitrogens with zero attached hydrogens (tertiary/aromatic N) is 2. The second-order valence-electron chi connectivity index (χ2n) is 6.81. The van der Waals surface area contributed by atoms with Crippen LogP contribution in [0.3, 0.4) is 0 Å². The Morgan fingerprint density at radius 2 is 1.80 bits per heavy atom. The number of anilines is 1. The van der Waals surface area contributed by atoms with Crippen LogP contribution < -0.4 is 10.1 Å². The fraction of sp³-hybridized carbons (Fsp3) is 0.0833. The zero-order valence-corrected chi connectivity index (χ0v) is 16.4. The van der Waals surface area contributed by atoms with Crippen LogP contribution in [0.4, 0.5) is 5.69 Å². The maximum atomic E-state index is 13.0. The number of aromatic hydroxyl groups is 1. The van der Waals surface area contributed by atoms with E-state index in [2.05, 4.69) is 10.4 Å². The molecule has 0 saturated heterocycles. The summed E-state index contributed by atoms with van der Waals surface area (Å²) >= 11 is 0. The first-order valence-electron chi connectivity index (χ1n) is 9.48. The van der Waals surface area contributed by atoms with E-state index in [1.165, 1.54) is 6.07 Å². The van der Waals surface area contributed by atoms with Crippen molar-refractivity contribution in [2.45, 2.75) is 6.54 Å². The SMILES string of the molecule is COc1ccc(-c2nn(Cc3ccccc3)cc2C(=O)Nc2cccc(O)c2)cc1. The number of phenolic OH excluding ortho intramolecular Hbond substituents is 1. The van der Waals surface area contributed by atoms with Gasteiger partial charge in [-0.05, 0) is 42.0 Å². The van der Waals surface area contributed by atoms with Gasteiger partial charge in [0.05, 0.1) is 19.2 Å². The normalized spacial score (nSPS) is 10.6. The van der Waals surface area contributed by atoms with Crippen LogP contribution in [0.2, 0.25) is 0 Å². The number of hydrogen-bond donors (Lipinski definition) is 2. The molecule has 2 N–H and O–H groups in total. The summed E-state index contributed by atoms with van der Waals surface area (Å²) < 4.78 is 6.98. The molecule has 1 aromatic heterocycles. The van der Waals surface area contributed by atoms with Crippen LogP contribution in [0.25, 0.3) is 11.3 Å². The molecule has 3 aromatic carbocycles. The minimum Gasteiger partial charge on any atom is -0.508 e. The number of aromatic nitrogens is 2. The highest BCUT2D eigenvalue weighted by Crippen LogP contribution is 2.26. The van der Waals surface area contributed by atoms with E-state index in [0.717, 1.165) is 16.9 Å². The third kappa shape index (κ3) is 4.33. The number of carbonyl (C=O) groups is 1. The van der Waals surface area contributed by atoms with Gasteiger partial charge in [0.1, 0.15) is 17.2 Å². The first-order valence-corrected chi connectivity index (χ1v) is 9.48. The number of rotatable bonds is 6. The average molecular weight is 399 g/mol. The molecular formula is C24H21N3O3. The van der Waals surface area contributed by atoms with Crippen LogP contribution >= 0.6 is 0 Å². The second-order valence-corrected chi connectivity index (χ2v) is 6.81. The molecule has 0 saturated carbocycles. The van der Waals surface area contributed by atoms with Crippen LogP contribution in [0.1, 0.15) is 15.9 Å². The van der Waals surface area contributed by atoms with Crippen molar-refractivity contribution in [2.75, 3.05) is 12.4 Å². The highest BCUT2D eigenvalue weighted by Gasteiger charge is 2.19. The van der Waals surface area contributed by atoms with Crippen LogP contribution in [-0.2, 0) is 6.54 Å².